The first-order valence-electron chi connectivity index (χ1n) is 6.50. The minimum Gasteiger partial charge on any atom is -0.207 e. The number of rotatable bonds is 6. The van der Waals surface area contributed by atoms with Crippen LogP contribution in [0.25, 0.3) is 0 Å². The molecule has 0 radical (unpaired) electrons. The van der Waals surface area contributed by atoms with Crippen LogP contribution in [0.5, 0.6) is 0 Å². The van der Waals surface area contributed by atoms with Crippen molar-refractivity contribution in [1.29, 1.82) is 0 Å². The van der Waals surface area contributed by atoms with Gasteiger partial charge < -0.3 is 0 Å². The number of aryl methyl sites for hydroxylation is 2. The third-order valence-corrected chi connectivity index (χ3v) is 4.95. The molecule has 0 bridgehead atoms. The Labute approximate surface area is 111 Å². The maximum Gasteiger partial charge on any atom is 0.243 e. The molecule has 0 unspecified atom stereocenters. The van der Waals surface area contributed by atoms with Crippen LogP contribution in [0.1, 0.15) is 37.8 Å². The minimum atomic E-state index is -3.35. The lowest BCUT2D eigenvalue weighted by atomic mass is 10.2. The summed E-state index contributed by atoms with van der Waals surface area (Å²) in [4.78, 5) is 0.449. The summed E-state index contributed by atoms with van der Waals surface area (Å²) < 4.78 is 26.8. The average Bonchev–Trinajstić information content (AvgIpc) is 2.32. The zero-order chi connectivity index (χ0) is 13.8. The smallest absolute Gasteiger partial charge is 0.207 e. The van der Waals surface area contributed by atoms with E-state index >= 15 is 0 Å². The predicted octanol–water partition coefficient (Wildman–Crippen LogP) is 3.11. The fraction of sp³-hybridized carbons (Fsp3) is 0.571. The first-order chi connectivity index (χ1) is 8.43. The molecule has 0 amide bonds. The molecule has 0 spiro atoms. The van der Waals surface area contributed by atoms with Gasteiger partial charge in [0.15, 0.2) is 0 Å². The fourth-order valence-electron chi connectivity index (χ4n) is 1.98. The number of benzene rings is 1. The van der Waals surface area contributed by atoms with E-state index in [1.165, 1.54) is 0 Å². The van der Waals surface area contributed by atoms with E-state index in [1.54, 1.807) is 10.4 Å². The maximum absolute atomic E-state index is 12.6. The zero-order valence-corrected chi connectivity index (χ0v) is 12.5. The standard InChI is InChI=1S/C14H23NO2S/c1-5-9-15(10-6-2)18(16,17)14-11-12(3)7-8-13(14)4/h7-8,11H,5-6,9-10H2,1-4H3. The molecule has 0 fully saturated rings. The van der Waals surface area contributed by atoms with Crippen LogP contribution < -0.4 is 0 Å². The summed E-state index contributed by atoms with van der Waals surface area (Å²) in [6.07, 6.45) is 1.67. The highest BCUT2D eigenvalue weighted by atomic mass is 32.2. The molecule has 0 atom stereocenters. The van der Waals surface area contributed by atoms with Crippen LogP contribution in [0.15, 0.2) is 23.1 Å². The van der Waals surface area contributed by atoms with Gasteiger partial charge in [-0.2, -0.15) is 4.31 Å². The van der Waals surface area contributed by atoms with Crippen LogP contribution in [0.4, 0.5) is 0 Å². The molecule has 0 saturated carbocycles. The first-order valence-corrected chi connectivity index (χ1v) is 7.94. The highest BCUT2D eigenvalue weighted by Crippen LogP contribution is 2.21. The number of sulfonamides is 1. The van der Waals surface area contributed by atoms with E-state index in [0.29, 0.717) is 18.0 Å². The number of hydrogen-bond acceptors (Lipinski definition) is 2. The second kappa shape index (κ2) is 6.34. The Morgan fingerprint density at radius 3 is 2.11 bits per heavy atom. The second-order valence-electron chi connectivity index (χ2n) is 4.67. The van der Waals surface area contributed by atoms with Crippen molar-refractivity contribution in [3.05, 3.63) is 29.3 Å². The van der Waals surface area contributed by atoms with Gasteiger partial charge in [0, 0.05) is 13.1 Å². The molecule has 1 aromatic rings. The van der Waals surface area contributed by atoms with E-state index in [1.807, 2.05) is 39.8 Å². The van der Waals surface area contributed by atoms with Crippen molar-refractivity contribution in [2.45, 2.75) is 45.4 Å². The molecule has 0 heterocycles. The largest absolute Gasteiger partial charge is 0.243 e. The SMILES string of the molecule is CCCN(CCC)S(=O)(=O)c1cc(C)ccc1C. The Balaban J connectivity index is 3.21. The normalized spacial score (nSPS) is 12.1. The quantitative estimate of drug-likeness (QED) is 0.795. The first kappa shape index (κ1) is 15.2. The summed E-state index contributed by atoms with van der Waals surface area (Å²) >= 11 is 0. The Kier molecular flexibility index (Phi) is 5.35. The number of nitrogens with zero attached hydrogens (tertiary/aromatic N) is 1. The van der Waals surface area contributed by atoms with E-state index < -0.39 is 10.0 Å². The summed E-state index contributed by atoms with van der Waals surface area (Å²) in [6, 6.07) is 5.58. The molecule has 0 N–H and O–H groups in total. The summed E-state index contributed by atoms with van der Waals surface area (Å²) in [5, 5.41) is 0. The van der Waals surface area contributed by atoms with Gasteiger partial charge in [0.2, 0.25) is 10.0 Å². The molecule has 4 heteroatoms. The molecular weight excluding hydrogens is 246 g/mol. The summed E-state index contributed by atoms with van der Waals surface area (Å²) in [7, 11) is -3.35. The molecular formula is C14H23NO2S. The van der Waals surface area contributed by atoms with E-state index in [9.17, 15) is 8.42 Å². The van der Waals surface area contributed by atoms with Crippen molar-refractivity contribution in [1.82, 2.24) is 4.31 Å². The van der Waals surface area contributed by atoms with Crippen LogP contribution in [-0.2, 0) is 10.0 Å². The van der Waals surface area contributed by atoms with Crippen molar-refractivity contribution in [2.24, 2.45) is 0 Å². The summed E-state index contributed by atoms with van der Waals surface area (Å²) in [5.41, 5.74) is 1.80. The average molecular weight is 269 g/mol. The fourth-order valence-corrected chi connectivity index (χ4v) is 3.91. The van der Waals surface area contributed by atoms with Crippen molar-refractivity contribution >= 4 is 10.0 Å². The summed E-state index contributed by atoms with van der Waals surface area (Å²) in [5.74, 6) is 0. The van der Waals surface area contributed by atoms with Crippen molar-refractivity contribution in [3.8, 4) is 0 Å². The minimum absolute atomic E-state index is 0.449. The molecule has 0 aliphatic carbocycles. The van der Waals surface area contributed by atoms with E-state index in [2.05, 4.69) is 0 Å². The Morgan fingerprint density at radius 2 is 1.61 bits per heavy atom. The zero-order valence-electron chi connectivity index (χ0n) is 11.7. The number of hydrogen-bond donors (Lipinski definition) is 0. The van der Waals surface area contributed by atoms with Crippen LogP contribution in [0, 0.1) is 13.8 Å². The van der Waals surface area contributed by atoms with Gasteiger partial charge >= 0.3 is 0 Å². The topological polar surface area (TPSA) is 37.4 Å². The highest BCUT2D eigenvalue weighted by Gasteiger charge is 2.24. The molecule has 0 saturated heterocycles. The van der Waals surface area contributed by atoms with Crippen molar-refractivity contribution in [3.63, 3.8) is 0 Å². The Bertz CT molecular complexity index is 489. The lowest BCUT2D eigenvalue weighted by Crippen LogP contribution is -2.33. The molecule has 0 aromatic heterocycles. The van der Waals surface area contributed by atoms with E-state index in [-0.39, 0.29) is 0 Å². The molecule has 0 aliphatic heterocycles. The van der Waals surface area contributed by atoms with Gasteiger partial charge in [-0.15, -0.1) is 0 Å². The van der Waals surface area contributed by atoms with E-state index in [0.717, 1.165) is 24.0 Å². The van der Waals surface area contributed by atoms with E-state index in [4.69, 9.17) is 0 Å². The van der Waals surface area contributed by atoms with Gasteiger partial charge in [-0.25, -0.2) is 8.42 Å². The van der Waals surface area contributed by atoms with Crippen LogP contribution >= 0.6 is 0 Å². The van der Waals surface area contributed by atoms with Gasteiger partial charge in [0.1, 0.15) is 0 Å². The lowest BCUT2D eigenvalue weighted by molar-refractivity contribution is 0.409. The lowest BCUT2D eigenvalue weighted by Gasteiger charge is -2.22. The Hall–Kier alpha value is -0.870. The van der Waals surface area contributed by atoms with Gasteiger partial charge in [-0.1, -0.05) is 26.0 Å². The third kappa shape index (κ3) is 3.33. The maximum atomic E-state index is 12.6. The molecule has 0 aliphatic rings. The Morgan fingerprint density at radius 1 is 1.06 bits per heavy atom. The molecule has 1 rings (SSSR count). The molecule has 18 heavy (non-hydrogen) atoms. The van der Waals surface area contributed by atoms with Crippen LogP contribution in [0.3, 0.4) is 0 Å². The second-order valence-corrected chi connectivity index (χ2v) is 6.58. The molecule has 102 valence electrons. The monoisotopic (exact) mass is 269 g/mol. The van der Waals surface area contributed by atoms with Crippen LogP contribution in [0.2, 0.25) is 0 Å². The van der Waals surface area contributed by atoms with Crippen molar-refractivity contribution < 1.29 is 8.42 Å². The molecule has 3 nitrogen and oxygen atoms in total. The highest BCUT2D eigenvalue weighted by molar-refractivity contribution is 7.89. The summed E-state index contributed by atoms with van der Waals surface area (Å²) in [6.45, 7) is 8.94. The van der Waals surface area contributed by atoms with Gasteiger partial charge in [-0.3, -0.25) is 0 Å². The van der Waals surface area contributed by atoms with Crippen LogP contribution in [-0.4, -0.2) is 25.8 Å². The predicted molar refractivity (Wildman–Crippen MR) is 75.3 cm³/mol. The van der Waals surface area contributed by atoms with Crippen molar-refractivity contribution in [2.75, 3.05) is 13.1 Å². The van der Waals surface area contributed by atoms with Gasteiger partial charge in [0.05, 0.1) is 4.90 Å². The molecule has 1 aromatic carbocycles. The van der Waals surface area contributed by atoms with Gasteiger partial charge in [-0.05, 0) is 43.9 Å². The van der Waals surface area contributed by atoms with Gasteiger partial charge in [0.25, 0.3) is 0 Å². The third-order valence-electron chi connectivity index (χ3n) is 2.91.